The summed E-state index contributed by atoms with van der Waals surface area (Å²) in [6.07, 6.45) is 0.534. The third-order valence-electron chi connectivity index (χ3n) is 3.14. The fraction of sp³-hybridized carbons (Fsp3) is 0.357. The molecular weight excluding hydrogens is 260 g/mol. The quantitative estimate of drug-likeness (QED) is 0.789. The summed E-state index contributed by atoms with van der Waals surface area (Å²) in [5.74, 6) is -0.727. The van der Waals surface area contributed by atoms with Crippen LogP contribution in [0.3, 0.4) is 0 Å². The van der Waals surface area contributed by atoms with E-state index in [0.717, 1.165) is 5.56 Å². The number of hydrogen-bond donors (Lipinski definition) is 2. The molecule has 0 radical (unpaired) electrons. The second-order valence-corrected chi connectivity index (χ2v) is 4.68. The first-order chi connectivity index (χ1) is 9.51. The lowest BCUT2D eigenvalue weighted by Gasteiger charge is -2.22. The standard InChI is InChI=1S/C14H16N2O4/c1-8-3-5-11(20-2)9(7-8)13(18)15-10-4-6-12(17)16-14(10)19/h3,5,7,10H,4,6H2,1-2H3,(H,15,18)(H,16,17,19). The summed E-state index contributed by atoms with van der Waals surface area (Å²) >= 11 is 0. The molecule has 0 saturated carbocycles. The van der Waals surface area contributed by atoms with Gasteiger partial charge in [0.05, 0.1) is 12.7 Å². The molecule has 1 aliphatic heterocycles. The minimum Gasteiger partial charge on any atom is -0.496 e. The van der Waals surface area contributed by atoms with Gasteiger partial charge in [-0.3, -0.25) is 19.7 Å². The number of amides is 3. The first-order valence-electron chi connectivity index (χ1n) is 6.30. The van der Waals surface area contributed by atoms with E-state index in [2.05, 4.69) is 10.6 Å². The highest BCUT2D eigenvalue weighted by Gasteiger charge is 2.28. The number of ether oxygens (including phenoxy) is 1. The van der Waals surface area contributed by atoms with Crippen molar-refractivity contribution in [3.63, 3.8) is 0 Å². The second kappa shape index (κ2) is 5.73. The number of hydrogen-bond acceptors (Lipinski definition) is 4. The lowest BCUT2D eigenvalue weighted by atomic mass is 10.0. The van der Waals surface area contributed by atoms with E-state index in [4.69, 9.17) is 4.74 Å². The number of carbonyl (C=O) groups is 3. The molecule has 1 aliphatic rings. The Hall–Kier alpha value is -2.37. The topological polar surface area (TPSA) is 84.5 Å². The molecule has 3 amide bonds. The molecule has 1 saturated heterocycles. The molecule has 1 heterocycles. The van der Waals surface area contributed by atoms with Crippen LogP contribution in [0.4, 0.5) is 0 Å². The molecule has 1 fully saturated rings. The number of aryl methyl sites for hydroxylation is 1. The fourth-order valence-corrected chi connectivity index (χ4v) is 2.07. The Morgan fingerprint density at radius 2 is 2.15 bits per heavy atom. The molecule has 0 aliphatic carbocycles. The van der Waals surface area contributed by atoms with Gasteiger partial charge in [0.15, 0.2) is 0 Å². The highest BCUT2D eigenvalue weighted by atomic mass is 16.5. The van der Waals surface area contributed by atoms with Gasteiger partial charge in [-0.15, -0.1) is 0 Å². The lowest BCUT2D eigenvalue weighted by Crippen LogP contribution is -2.52. The zero-order valence-electron chi connectivity index (χ0n) is 11.4. The smallest absolute Gasteiger partial charge is 0.255 e. The van der Waals surface area contributed by atoms with E-state index in [1.165, 1.54) is 7.11 Å². The Morgan fingerprint density at radius 1 is 1.40 bits per heavy atom. The average Bonchev–Trinajstić information content (AvgIpc) is 2.41. The minimum absolute atomic E-state index is 0.224. The number of benzene rings is 1. The molecule has 6 nitrogen and oxygen atoms in total. The van der Waals surface area contributed by atoms with E-state index in [-0.39, 0.29) is 18.2 Å². The van der Waals surface area contributed by atoms with Crippen molar-refractivity contribution in [3.05, 3.63) is 29.3 Å². The van der Waals surface area contributed by atoms with Gasteiger partial charge in [0, 0.05) is 6.42 Å². The molecule has 1 atom stereocenters. The third kappa shape index (κ3) is 2.96. The monoisotopic (exact) mass is 276 g/mol. The largest absolute Gasteiger partial charge is 0.496 e. The van der Waals surface area contributed by atoms with E-state index >= 15 is 0 Å². The predicted octanol–water partition coefficient (Wildman–Crippen LogP) is 0.539. The first-order valence-corrected chi connectivity index (χ1v) is 6.30. The Bertz CT molecular complexity index is 568. The van der Waals surface area contributed by atoms with E-state index < -0.39 is 11.9 Å². The Balaban J connectivity index is 2.14. The lowest BCUT2D eigenvalue weighted by molar-refractivity contribution is -0.134. The Kier molecular flexibility index (Phi) is 4.02. The van der Waals surface area contributed by atoms with E-state index in [0.29, 0.717) is 17.7 Å². The van der Waals surface area contributed by atoms with Crippen LogP contribution in [0, 0.1) is 6.92 Å². The third-order valence-corrected chi connectivity index (χ3v) is 3.14. The van der Waals surface area contributed by atoms with Gasteiger partial charge in [0.2, 0.25) is 11.8 Å². The number of nitrogens with one attached hydrogen (secondary N) is 2. The number of imide groups is 1. The van der Waals surface area contributed by atoms with Crippen LogP contribution in [0.15, 0.2) is 18.2 Å². The van der Waals surface area contributed by atoms with Crippen LogP contribution in [0.2, 0.25) is 0 Å². The van der Waals surface area contributed by atoms with Crippen molar-refractivity contribution in [1.82, 2.24) is 10.6 Å². The van der Waals surface area contributed by atoms with Crippen LogP contribution in [0.25, 0.3) is 0 Å². The highest BCUT2D eigenvalue weighted by molar-refractivity contribution is 6.04. The van der Waals surface area contributed by atoms with Crippen LogP contribution in [0.5, 0.6) is 5.75 Å². The predicted molar refractivity (Wildman–Crippen MR) is 71.4 cm³/mol. The molecule has 0 bridgehead atoms. The molecule has 6 heteroatoms. The van der Waals surface area contributed by atoms with E-state index in [1.807, 2.05) is 13.0 Å². The van der Waals surface area contributed by atoms with Crippen molar-refractivity contribution in [2.75, 3.05) is 7.11 Å². The van der Waals surface area contributed by atoms with Crippen molar-refractivity contribution in [1.29, 1.82) is 0 Å². The van der Waals surface area contributed by atoms with Gasteiger partial charge in [-0.25, -0.2) is 0 Å². The molecule has 20 heavy (non-hydrogen) atoms. The summed E-state index contributed by atoms with van der Waals surface area (Å²) in [4.78, 5) is 34.9. The molecule has 0 aromatic heterocycles. The van der Waals surface area contributed by atoms with Crippen LogP contribution in [0.1, 0.15) is 28.8 Å². The number of methoxy groups -OCH3 is 1. The maximum absolute atomic E-state index is 12.2. The van der Waals surface area contributed by atoms with Gasteiger partial charge in [0.1, 0.15) is 11.8 Å². The second-order valence-electron chi connectivity index (χ2n) is 4.68. The molecule has 106 valence electrons. The normalized spacial score (nSPS) is 18.4. The van der Waals surface area contributed by atoms with E-state index in [1.54, 1.807) is 12.1 Å². The highest BCUT2D eigenvalue weighted by Crippen LogP contribution is 2.20. The molecule has 1 aromatic carbocycles. The van der Waals surface area contributed by atoms with Crippen LogP contribution < -0.4 is 15.4 Å². The summed E-state index contributed by atoms with van der Waals surface area (Å²) in [6.45, 7) is 1.86. The van der Waals surface area contributed by atoms with Crippen LogP contribution >= 0.6 is 0 Å². The van der Waals surface area contributed by atoms with Crippen molar-refractivity contribution in [2.24, 2.45) is 0 Å². The van der Waals surface area contributed by atoms with Gasteiger partial charge in [-0.1, -0.05) is 11.6 Å². The van der Waals surface area contributed by atoms with Crippen molar-refractivity contribution in [2.45, 2.75) is 25.8 Å². The fourth-order valence-electron chi connectivity index (χ4n) is 2.07. The summed E-state index contributed by atoms with van der Waals surface area (Å²) < 4.78 is 5.14. The molecule has 2 N–H and O–H groups in total. The summed E-state index contributed by atoms with van der Waals surface area (Å²) in [5, 5.41) is 4.83. The van der Waals surface area contributed by atoms with Gasteiger partial charge in [0.25, 0.3) is 5.91 Å². The molecular formula is C14H16N2O4. The molecule has 1 aromatic rings. The zero-order chi connectivity index (χ0) is 14.7. The van der Waals surface area contributed by atoms with Crippen LogP contribution in [-0.2, 0) is 9.59 Å². The minimum atomic E-state index is -0.689. The Labute approximate surface area is 116 Å². The van der Waals surface area contributed by atoms with Gasteiger partial charge in [-0.2, -0.15) is 0 Å². The number of carbonyl (C=O) groups excluding carboxylic acids is 3. The summed E-state index contributed by atoms with van der Waals surface area (Å²) in [5.41, 5.74) is 1.29. The molecule has 1 unspecified atom stereocenters. The maximum atomic E-state index is 12.2. The zero-order valence-corrected chi connectivity index (χ0v) is 11.4. The Morgan fingerprint density at radius 3 is 2.80 bits per heavy atom. The van der Waals surface area contributed by atoms with Crippen LogP contribution in [-0.4, -0.2) is 30.9 Å². The molecule has 0 spiro atoms. The van der Waals surface area contributed by atoms with Gasteiger partial charge < -0.3 is 10.1 Å². The van der Waals surface area contributed by atoms with Crippen molar-refractivity contribution < 1.29 is 19.1 Å². The summed E-state index contributed by atoms with van der Waals surface area (Å²) in [6, 6.07) is 4.54. The SMILES string of the molecule is COc1ccc(C)cc1C(=O)NC1CCC(=O)NC1=O. The summed E-state index contributed by atoms with van der Waals surface area (Å²) in [7, 11) is 1.48. The van der Waals surface area contributed by atoms with Gasteiger partial charge >= 0.3 is 0 Å². The van der Waals surface area contributed by atoms with Gasteiger partial charge in [-0.05, 0) is 25.5 Å². The van der Waals surface area contributed by atoms with Crippen molar-refractivity contribution in [3.8, 4) is 5.75 Å². The number of piperidine rings is 1. The average molecular weight is 276 g/mol. The number of rotatable bonds is 3. The first kappa shape index (κ1) is 14.0. The molecule has 2 rings (SSSR count). The van der Waals surface area contributed by atoms with E-state index in [9.17, 15) is 14.4 Å². The maximum Gasteiger partial charge on any atom is 0.255 e. The van der Waals surface area contributed by atoms with Crippen molar-refractivity contribution >= 4 is 17.7 Å².